The molecule has 7 heteroatoms. The average molecular weight is 376 g/mol. The van der Waals surface area contributed by atoms with Crippen LogP contribution in [0.25, 0.3) is 0 Å². The fraction of sp³-hybridized carbons (Fsp3) is 0.316. The van der Waals surface area contributed by atoms with Gasteiger partial charge in [0.2, 0.25) is 15.9 Å². The van der Waals surface area contributed by atoms with Crippen LogP contribution in [0.3, 0.4) is 0 Å². The molecule has 1 amide bonds. The Bertz CT molecular complexity index is 838. The number of benzene rings is 2. The van der Waals surface area contributed by atoms with Gasteiger partial charge in [0.05, 0.1) is 19.1 Å². The van der Waals surface area contributed by atoms with E-state index in [1.807, 2.05) is 37.3 Å². The van der Waals surface area contributed by atoms with E-state index in [1.165, 1.54) is 7.11 Å². The van der Waals surface area contributed by atoms with E-state index in [0.29, 0.717) is 18.0 Å². The molecule has 0 aliphatic heterocycles. The van der Waals surface area contributed by atoms with E-state index >= 15 is 0 Å². The molecule has 0 radical (unpaired) electrons. The number of hydrogen-bond donors (Lipinski definition) is 1. The normalized spacial score (nSPS) is 12.3. The molecule has 2 aromatic rings. The quantitative estimate of drug-likeness (QED) is 0.767. The Morgan fingerprint density at radius 3 is 2.46 bits per heavy atom. The predicted molar refractivity (Wildman–Crippen MR) is 103 cm³/mol. The SMILES string of the molecule is COc1cccc(N(CC(=O)NC[C@H](C)c2ccccc2)S(C)(=O)=O)c1. The van der Waals surface area contributed by atoms with Gasteiger partial charge in [-0.1, -0.05) is 43.3 Å². The first-order valence-corrected chi connectivity index (χ1v) is 10.1. The lowest BCUT2D eigenvalue weighted by atomic mass is 10.0. The van der Waals surface area contributed by atoms with Crippen LogP contribution in [-0.2, 0) is 14.8 Å². The second-order valence-electron chi connectivity index (χ2n) is 6.09. The Labute approximate surface area is 154 Å². The summed E-state index contributed by atoms with van der Waals surface area (Å²) in [6.07, 6.45) is 1.08. The maximum absolute atomic E-state index is 12.3. The molecule has 0 bridgehead atoms. The van der Waals surface area contributed by atoms with Gasteiger partial charge < -0.3 is 10.1 Å². The number of carbonyl (C=O) groups excluding carboxylic acids is 1. The van der Waals surface area contributed by atoms with Crippen LogP contribution in [0.1, 0.15) is 18.4 Å². The number of methoxy groups -OCH3 is 1. The van der Waals surface area contributed by atoms with E-state index in [4.69, 9.17) is 4.74 Å². The van der Waals surface area contributed by atoms with Crippen molar-refractivity contribution in [1.29, 1.82) is 0 Å². The maximum Gasteiger partial charge on any atom is 0.240 e. The largest absolute Gasteiger partial charge is 0.497 e. The number of ether oxygens (including phenoxy) is 1. The molecule has 1 atom stereocenters. The van der Waals surface area contributed by atoms with Gasteiger partial charge in [-0.25, -0.2) is 8.42 Å². The zero-order chi connectivity index (χ0) is 19.2. The number of rotatable bonds is 8. The van der Waals surface area contributed by atoms with Crippen molar-refractivity contribution in [2.75, 3.05) is 30.8 Å². The lowest BCUT2D eigenvalue weighted by Gasteiger charge is -2.23. The van der Waals surface area contributed by atoms with Gasteiger partial charge in [-0.2, -0.15) is 0 Å². The Hall–Kier alpha value is -2.54. The van der Waals surface area contributed by atoms with Crippen molar-refractivity contribution >= 4 is 21.6 Å². The summed E-state index contributed by atoms with van der Waals surface area (Å²) in [6, 6.07) is 16.4. The average Bonchev–Trinajstić information content (AvgIpc) is 2.64. The van der Waals surface area contributed by atoms with Gasteiger partial charge in [0, 0.05) is 12.6 Å². The first-order chi connectivity index (χ1) is 12.3. The Kier molecular flexibility index (Phi) is 6.63. The van der Waals surface area contributed by atoms with E-state index in [1.54, 1.807) is 24.3 Å². The summed E-state index contributed by atoms with van der Waals surface area (Å²) in [7, 11) is -2.11. The number of anilines is 1. The van der Waals surface area contributed by atoms with E-state index in [2.05, 4.69) is 5.32 Å². The lowest BCUT2D eigenvalue weighted by Crippen LogP contribution is -2.41. The molecule has 26 heavy (non-hydrogen) atoms. The van der Waals surface area contributed by atoms with Crippen LogP contribution in [-0.4, -0.2) is 40.8 Å². The van der Waals surface area contributed by atoms with Crippen molar-refractivity contribution in [1.82, 2.24) is 5.32 Å². The van der Waals surface area contributed by atoms with Crippen LogP contribution >= 0.6 is 0 Å². The molecule has 140 valence electrons. The molecule has 1 N–H and O–H groups in total. The molecule has 2 aromatic carbocycles. The van der Waals surface area contributed by atoms with Crippen LogP contribution in [0.15, 0.2) is 54.6 Å². The lowest BCUT2D eigenvalue weighted by molar-refractivity contribution is -0.119. The molecule has 0 unspecified atom stereocenters. The van der Waals surface area contributed by atoms with Crippen molar-refractivity contribution in [2.24, 2.45) is 0 Å². The number of carbonyl (C=O) groups is 1. The van der Waals surface area contributed by atoms with E-state index in [-0.39, 0.29) is 18.4 Å². The fourth-order valence-corrected chi connectivity index (χ4v) is 3.37. The van der Waals surface area contributed by atoms with Crippen molar-refractivity contribution in [3.8, 4) is 5.75 Å². The summed E-state index contributed by atoms with van der Waals surface area (Å²) in [6.45, 7) is 2.15. The Balaban J connectivity index is 2.05. The maximum atomic E-state index is 12.3. The summed E-state index contributed by atoms with van der Waals surface area (Å²) < 4.78 is 30.5. The molecule has 0 saturated carbocycles. The topological polar surface area (TPSA) is 75.7 Å². The van der Waals surface area contributed by atoms with Gasteiger partial charge in [-0.3, -0.25) is 9.10 Å². The van der Waals surface area contributed by atoms with Crippen LogP contribution in [0, 0.1) is 0 Å². The van der Waals surface area contributed by atoms with Crippen molar-refractivity contribution in [3.63, 3.8) is 0 Å². The number of nitrogens with zero attached hydrogens (tertiary/aromatic N) is 1. The van der Waals surface area contributed by atoms with Gasteiger partial charge in [-0.05, 0) is 23.6 Å². The number of hydrogen-bond acceptors (Lipinski definition) is 4. The smallest absolute Gasteiger partial charge is 0.240 e. The second-order valence-corrected chi connectivity index (χ2v) is 7.99. The van der Waals surface area contributed by atoms with Gasteiger partial charge in [-0.15, -0.1) is 0 Å². The monoisotopic (exact) mass is 376 g/mol. The molecule has 0 aromatic heterocycles. The molecular formula is C19H24N2O4S. The highest BCUT2D eigenvalue weighted by Crippen LogP contribution is 2.22. The standard InChI is InChI=1S/C19H24N2O4S/c1-15(16-8-5-4-6-9-16)13-20-19(22)14-21(26(3,23)24)17-10-7-11-18(12-17)25-2/h4-12,15H,13-14H2,1-3H3,(H,20,22)/t15-/m0/s1. The molecule has 0 heterocycles. The van der Waals surface area contributed by atoms with Gasteiger partial charge >= 0.3 is 0 Å². The molecular weight excluding hydrogens is 352 g/mol. The van der Waals surface area contributed by atoms with Crippen LogP contribution in [0.5, 0.6) is 5.75 Å². The van der Waals surface area contributed by atoms with Gasteiger partial charge in [0.1, 0.15) is 12.3 Å². The van der Waals surface area contributed by atoms with Crippen LogP contribution < -0.4 is 14.4 Å². The summed E-state index contributed by atoms with van der Waals surface area (Å²) in [5.74, 6) is 0.291. The molecule has 0 saturated heterocycles. The molecule has 0 spiro atoms. The summed E-state index contributed by atoms with van der Waals surface area (Å²) in [5.41, 5.74) is 1.50. The predicted octanol–water partition coefficient (Wildman–Crippen LogP) is 2.38. The van der Waals surface area contributed by atoms with E-state index in [0.717, 1.165) is 16.1 Å². The Morgan fingerprint density at radius 2 is 1.85 bits per heavy atom. The zero-order valence-electron chi connectivity index (χ0n) is 15.2. The van der Waals surface area contributed by atoms with Crippen molar-refractivity contribution in [2.45, 2.75) is 12.8 Å². The summed E-state index contributed by atoms with van der Waals surface area (Å²) in [4.78, 5) is 12.3. The molecule has 2 rings (SSSR count). The number of sulfonamides is 1. The highest BCUT2D eigenvalue weighted by molar-refractivity contribution is 7.92. The van der Waals surface area contributed by atoms with E-state index < -0.39 is 10.0 Å². The third kappa shape index (κ3) is 5.49. The number of nitrogens with one attached hydrogen (secondary N) is 1. The molecule has 0 fully saturated rings. The minimum atomic E-state index is -3.61. The molecule has 0 aliphatic carbocycles. The minimum Gasteiger partial charge on any atom is -0.497 e. The minimum absolute atomic E-state index is 0.128. The third-order valence-electron chi connectivity index (χ3n) is 4.00. The third-order valence-corrected chi connectivity index (χ3v) is 5.14. The van der Waals surface area contributed by atoms with E-state index in [9.17, 15) is 13.2 Å². The summed E-state index contributed by atoms with van der Waals surface area (Å²) in [5, 5.41) is 2.81. The molecule has 0 aliphatic rings. The fourth-order valence-electron chi connectivity index (χ4n) is 2.52. The first-order valence-electron chi connectivity index (χ1n) is 8.24. The van der Waals surface area contributed by atoms with Crippen LogP contribution in [0.4, 0.5) is 5.69 Å². The highest BCUT2D eigenvalue weighted by atomic mass is 32.2. The number of amides is 1. The van der Waals surface area contributed by atoms with Crippen molar-refractivity contribution in [3.05, 3.63) is 60.2 Å². The zero-order valence-corrected chi connectivity index (χ0v) is 16.0. The van der Waals surface area contributed by atoms with Crippen molar-refractivity contribution < 1.29 is 17.9 Å². The van der Waals surface area contributed by atoms with Crippen LogP contribution in [0.2, 0.25) is 0 Å². The highest BCUT2D eigenvalue weighted by Gasteiger charge is 2.21. The molecule has 6 nitrogen and oxygen atoms in total. The summed E-state index contributed by atoms with van der Waals surface area (Å²) >= 11 is 0. The second kappa shape index (κ2) is 8.71. The van der Waals surface area contributed by atoms with Gasteiger partial charge in [0.25, 0.3) is 0 Å². The first kappa shape index (κ1) is 19.8. The van der Waals surface area contributed by atoms with Gasteiger partial charge in [0.15, 0.2) is 0 Å². The Morgan fingerprint density at radius 1 is 1.15 bits per heavy atom.